The van der Waals surface area contributed by atoms with Gasteiger partial charge in [0, 0.05) is 13.1 Å². The number of nitrogens with one attached hydrogen (secondary N) is 1. The molecular formula is C16H28N4O. The van der Waals surface area contributed by atoms with E-state index in [2.05, 4.69) is 34.0 Å². The van der Waals surface area contributed by atoms with Crippen molar-refractivity contribution in [1.29, 1.82) is 0 Å². The first-order valence-electron chi connectivity index (χ1n) is 8.09. The number of hydrogen-bond donors (Lipinski definition) is 1. The Morgan fingerprint density at radius 1 is 1.33 bits per heavy atom. The molecule has 0 bridgehead atoms. The molecular weight excluding hydrogens is 264 g/mol. The highest BCUT2D eigenvalue weighted by molar-refractivity contribution is 5.37. The summed E-state index contributed by atoms with van der Waals surface area (Å²) in [6.45, 7) is 11.4. The summed E-state index contributed by atoms with van der Waals surface area (Å²) in [5.41, 5.74) is 0. The van der Waals surface area contributed by atoms with Gasteiger partial charge in [-0.2, -0.15) is 4.98 Å². The Morgan fingerprint density at radius 2 is 2.10 bits per heavy atom. The van der Waals surface area contributed by atoms with Crippen molar-refractivity contribution in [3.8, 4) is 5.88 Å². The summed E-state index contributed by atoms with van der Waals surface area (Å²) in [5, 5.41) is 3.57. The SMILES string of the molecule is CCOc1cncc(N2CCC(CNCC(C)C)CC2)n1. The van der Waals surface area contributed by atoms with Crippen LogP contribution in [0, 0.1) is 11.8 Å². The minimum atomic E-state index is 0.621. The van der Waals surface area contributed by atoms with E-state index in [1.54, 1.807) is 6.20 Å². The quantitative estimate of drug-likeness (QED) is 0.836. The zero-order valence-electron chi connectivity index (χ0n) is 13.5. The van der Waals surface area contributed by atoms with Crippen molar-refractivity contribution in [3.63, 3.8) is 0 Å². The monoisotopic (exact) mass is 292 g/mol. The molecule has 0 aliphatic carbocycles. The van der Waals surface area contributed by atoms with Crippen molar-refractivity contribution in [3.05, 3.63) is 12.4 Å². The predicted octanol–water partition coefficient (Wildman–Crippen LogP) is 2.34. The summed E-state index contributed by atoms with van der Waals surface area (Å²) in [4.78, 5) is 11.1. The molecule has 1 saturated heterocycles. The van der Waals surface area contributed by atoms with Gasteiger partial charge >= 0.3 is 0 Å². The van der Waals surface area contributed by atoms with Gasteiger partial charge in [0.25, 0.3) is 0 Å². The molecule has 1 fully saturated rings. The highest BCUT2D eigenvalue weighted by atomic mass is 16.5. The number of aromatic nitrogens is 2. The third-order valence-corrected chi connectivity index (χ3v) is 3.82. The molecule has 118 valence electrons. The van der Waals surface area contributed by atoms with Gasteiger partial charge in [-0.3, -0.25) is 4.98 Å². The Labute approximate surface area is 128 Å². The molecule has 1 aromatic heterocycles. The first-order valence-corrected chi connectivity index (χ1v) is 8.09. The number of rotatable bonds is 7. The van der Waals surface area contributed by atoms with Gasteiger partial charge in [0.15, 0.2) is 5.82 Å². The summed E-state index contributed by atoms with van der Waals surface area (Å²) >= 11 is 0. The molecule has 1 aromatic rings. The van der Waals surface area contributed by atoms with Gasteiger partial charge in [0.05, 0.1) is 19.0 Å². The van der Waals surface area contributed by atoms with Gasteiger partial charge < -0.3 is 15.0 Å². The lowest BCUT2D eigenvalue weighted by atomic mass is 9.96. The molecule has 0 amide bonds. The summed E-state index contributed by atoms with van der Waals surface area (Å²) < 4.78 is 5.42. The summed E-state index contributed by atoms with van der Waals surface area (Å²) in [6, 6.07) is 0. The lowest BCUT2D eigenvalue weighted by Crippen LogP contribution is -2.38. The zero-order chi connectivity index (χ0) is 15.1. The fourth-order valence-corrected chi connectivity index (χ4v) is 2.65. The first-order chi connectivity index (χ1) is 10.2. The van der Waals surface area contributed by atoms with Gasteiger partial charge in [-0.05, 0) is 44.7 Å². The highest BCUT2D eigenvalue weighted by Gasteiger charge is 2.20. The van der Waals surface area contributed by atoms with Crippen molar-refractivity contribution in [2.24, 2.45) is 11.8 Å². The number of ether oxygens (including phenoxy) is 1. The lowest BCUT2D eigenvalue weighted by molar-refractivity contribution is 0.324. The van der Waals surface area contributed by atoms with Crippen LogP contribution in [0.4, 0.5) is 5.82 Å². The van der Waals surface area contributed by atoms with Crippen LogP contribution in [0.5, 0.6) is 5.88 Å². The second-order valence-corrected chi connectivity index (χ2v) is 6.13. The normalized spacial score (nSPS) is 16.5. The maximum Gasteiger partial charge on any atom is 0.234 e. The number of hydrogen-bond acceptors (Lipinski definition) is 5. The molecule has 0 atom stereocenters. The van der Waals surface area contributed by atoms with Gasteiger partial charge in [0.1, 0.15) is 0 Å². The standard InChI is InChI=1S/C16H28N4O/c1-4-21-16-12-18-11-15(19-16)20-7-5-14(6-8-20)10-17-9-13(2)3/h11-14,17H,4-10H2,1-3H3. The van der Waals surface area contributed by atoms with Crippen molar-refractivity contribution in [2.75, 3.05) is 37.7 Å². The zero-order valence-corrected chi connectivity index (χ0v) is 13.5. The van der Waals surface area contributed by atoms with E-state index in [0.717, 1.165) is 43.8 Å². The average Bonchev–Trinajstić information content (AvgIpc) is 2.48. The molecule has 0 aromatic carbocycles. The number of anilines is 1. The van der Waals surface area contributed by atoms with E-state index >= 15 is 0 Å². The molecule has 2 rings (SSSR count). The largest absolute Gasteiger partial charge is 0.477 e. The molecule has 0 saturated carbocycles. The van der Waals surface area contributed by atoms with Crippen LogP contribution in [0.3, 0.4) is 0 Å². The Bertz CT molecular complexity index is 416. The Morgan fingerprint density at radius 3 is 2.76 bits per heavy atom. The van der Waals surface area contributed by atoms with Crippen molar-refractivity contribution < 1.29 is 4.74 Å². The molecule has 0 radical (unpaired) electrons. The summed E-state index contributed by atoms with van der Waals surface area (Å²) in [7, 11) is 0. The van der Waals surface area contributed by atoms with Crippen LogP contribution < -0.4 is 15.0 Å². The average molecular weight is 292 g/mol. The minimum absolute atomic E-state index is 0.621. The Hall–Kier alpha value is -1.36. The van der Waals surface area contributed by atoms with Gasteiger partial charge in [0.2, 0.25) is 5.88 Å². The molecule has 5 nitrogen and oxygen atoms in total. The maximum atomic E-state index is 5.42. The van der Waals surface area contributed by atoms with E-state index in [0.29, 0.717) is 12.5 Å². The molecule has 0 unspecified atom stereocenters. The van der Waals surface area contributed by atoms with E-state index < -0.39 is 0 Å². The minimum Gasteiger partial charge on any atom is -0.477 e. The molecule has 1 aliphatic heterocycles. The number of piperidine rings is 1. The fraction of sp³-hybridized carbons (Fsp3) is 0.750. The van der Waals surface area contributed by atoms with Gasteiger partial charge in [-0.25, -0.2) is 0 Å². The van der Waals surface area contributed by atoms with E-state index in [1.807, 2.05) is 13.1 Å². The van der Waals surface area contributed by atoms with Gasteiger partial charge in [-0.1, -0.05) is 13.8 Å². The highest BCUT2D eigenvalue weighted by Crippen LogP contribution is 2.22. The van der Waals surface area contributed by atoms with E-state index in [1.165, 1.54) is 12.8 Å². The predicted molar refractivity (Wildman–Crippen MR) is 85.8 cm³/mol. The summed E-state index contributed by atoms with van der Waals surface area (Å²) in [6.07, 6.45) is 5.94. The Kier molecular flexibility index (Phi) is 6.23. The van der Waals surface area contributed by atoms with E-state index in [-0.39, 0.29) is 0 Å². The summed E-state index contributed by atoms with van der Waals surface area (Å²) in [5.74, 6) is 3.06. The third-order valence-electron chi connectivity index (χ3n) is 3.82. The first kappa shape index (κ1) is 16.0. The van der Waals surface area contributed by atoms with Crippen LogP contribution in [-0.4, -0.2) is 42.8 Å². The smallest absolute Gasteiger partial charge is 0.234 e. The number of nitrogens with zero attached hydrogens (tertiary/aromatic N) is 3. The maximum absolute atomic E-state index is 5.42. The van der Waals surface area contributed by atoms with Crippen LogP contribution >= 0.6 is 0 Å². The van der Waals surface area contributed by atoms with Crippen molar-refractivity contribution in [2.45, 2.75) is 33.6 Å². The topological polar surface area (TPSA) is 50.3 Å². The van der Waals surface area contributed by atoms with Crippen molar-refractivity contribution >= 4 is 5.82 Å². The lowest BCUT2D eigenvalue weighted by Gasteiger charge is -2.32. The van der Waals surface area contributed by atoms with E-state index in [9.17, 15) is 0 Å². The van der Waals surface area contributed by atoms with Crippen LogP contribution in [0.15, 0.2) is 12.4 Å². The fourth-order valence-electron chi connectivity index (χ4n) is 2.65. The molecule has 1 aliphatic rings. The van der Waals surface area contributed by atoms with E-state index in [4.69, 9.17) is 4.74 Å². The second-order valence-electron chi connectivity index (χ2n) is 6.13. The second kappa shape index (κ2) is 8.17. The Balaban J connectivity index is 1.79. The van der Waals surface area contributed by atoms with Crippen LogP contribution in [0.2, 0.25) is 0 Å². The van der Waals surface area contributed by atoms with Gasteiger partial charge in [-0.15, -0.1) is 0 Å². The van der Waals surface area contributed by atoms with Crippen molar-refractivity contribution in [1.82, 2.24) is 15.3 Å². The van der Waals surface area contributed by atoms with Crippen LogP contribution in [-0.2, 0) is 0 Å². The third kappa shape index (κ3) is 5.16. The molecule has 21 heavy (non-hydrogen) atoms. The molecule has 2 heterocycles. The van der Waals surface area contributed by atoms with Crippen LogP contribution in [0.25, 0.3) is 0 Å². The molecule has 5 heteroatoms. The van der Waals surface area contributed by atoms with Crippen LogP contribution in [0.1, 0.15) is 33.6 Å². The molecule has 0 spiro atoms. The molecule has 1 N–H and O–H groups in total.